The third-order valence-corrected chi connectivity index (χ3v) is 3.83. The maximum Gasteiger partial charge on any atom is 0.252 e. The summed E-state index contributed by atoms with van der Waals surface area (Å²) in [6.45, 7) is 0.0614. The van der Waals surface area contributed by atoms with E-state index in [0.717, 1.165) is 6.26 Å². The monoisotopic (exact) mass is 312 g/mol. The summed E-state index contributed by atoms with van der Waals surface area (Å²) >= 11 is 5.89. The summed E-state index contributed by atoms with van der Waals surface area (Å²) in [5.74, 6) is -0.468. The van der Waals surface area contributed by atoms with Crippen LogP contribution in [-0.2, 0) is 9.84 Å². The minimum Gasteiger partial charge on any atom is -0.351 e. The first kappa shape index (κ1) is 14.7. The minimum absolute atomic E-state index is 0.0614. The van der Waals surface area contributed by atoms with Gasteiger partial charge in [0.2, 0.25) is 0 Å². The molecule has 106 valence electrons. The number of hydrogen-bond donors (Lipinski definition) is 1. The fourth-order valence-electron chi connectivity index (χ4n) is 1.78. The number of benzene rings is 1. The zero-order chi connectivity index (χ0) is 14.8. The summed E-state index contributed by atoms with van der Waals surface area (Å²) in [6.07, 6.45) is 1.12. The van der Waals surface area contributed by atoms with Crippen molar-refractivity contribution in [2.45, 2.75) is 0 Å². The number of amides is 1. The molecule has 0 unspecified atom stereocenters. The highest BCUT2D eigenvalue weighted by Crippen LogP contribution is 2.20. The van der Waals surface area contributed by atoms with Gasteiger partial charge in [-0.2, -0.15) is 0 Å². The minimum atomic E-state index is -3.11. The first-order valence-electron chi connectivity index (χ1n) is 5.88. The number of fused-ring (bicyclic) bond motifs is 1. The lowest BCUT2D eigenvalue weighted by Gasteiger charge is -2.08. The van der Waals surface area contributed by atoms with E-state index < -0.39 is 9.84 Å². The van der Waals surface area contributed by atoms with Crippen molar-refractivity contribution >= 4 is 38.2 Å². The molecule has 7 heteroatoms. The molecule has 0 aliphatic heterocycles. The molecule has 2 rings (SSSR count). The van der Waals surface area contributed by atoms with Crippen molar-refractivity contribution in [2.75, 3.05) is 18.6 Å². The van der Waals surface area contributed by atoms with E-state index in [4.69, 9.17) is 11.6 Å². The Morgan fingerprint density at radius 1 is 1.35 bits per heavy atom. The van der Waals surface area contributed by atoms with E-state index in [9.17, 15) is 13.2 Å². The number of halogens is 1. The van der Waals surface area contributed by atoms with Gasteiger partial charge in [0.15, 0.2) is 0 Å². The molecule has 1 amide bonds. The lowest BCUT2D eigenvalue weighted by atomic mass is 10.1. The number of nitrogens with zero attached hydrogens (tertiary/aromatic N) is 1. The lowest BCUT2D eigenvalue weighted by Crippen LogP contribution is -2.29. The predicted molar refractivity (Wildman–Crippen MR) is 78.8 cm³/mol. The van der Waals surface area contributed by atoms with E-state index in [1.54, 1.807) is 24.3 Å². The number of carbonyl (C=O) groups is 1. The summed E-state index contributed by atoms with van der Waals surface area (Å²) in [5.41, 5.74) is 1.00. The SMILES string of the molecule is CS(=O)(=O)CCNC(=O)c1cc(Cl)nc2ccccc12. The Morgan fingerprint density at radius 2 is 2.05 bits per heavy atom. The number of aromatic nitrogens is 1. The van der Waals surface area contributed by atoms with Gasteiger partial charge in [0.05, 0.1) is 16.8 Å². The van der Waals surface area contributed by atoms with E-state index in [0.29, 0.717) is 16.5 Å². The van der Waals surface area contributed by atoms with Crippen LogP contribution < -0.4 is 5.32 Å². The van der Waals surface area contributed by atoms with Gasteiger partial charge in [-0.15, -0.1) is 0 Å². The van der Waals surface area contributed by atoms with Crippen LogP contribution in [0, 0.1) is 0 Å². The molecule has 2 aromatic rings. The third kappa shape index (κ3) is 3.68. The largest absolute Gasteiger partial charge is 0.351 e. The van der Waals surface area contributed by atoms with Gasteiger partial charge >= 0.3 is 0 Å². The van der Waals surface area contributed by atoms with Crippen molar-refractivity contribution < 1.29 is 13.2 Å². The molecule has 0 saturated carbocycles. The van der Waals surface area contributed by atoms with Crippen molar-refractivity contribution in [1.29, 1.82) is 0 Å². The van der Waals surface area contributed by atoms with Gasteiger partial charge in [0.1, 0.15) is 15.0 Å². The molecule has 0 radical (unpaired) electrons. The number of pyridine rings is 1. The van der Waals surface area contributed by atoms with Gasteiger partial charge in [0, 0.05) is 18.2 Å². The van der Waals surface area contributed by atoms with Crippen LogP contribution in [0.2, 0.25) is 5.15 Å². The summed E-state index contributed by atoms with van der Waals surface area (Å²) in [4.78, 5) is 16.2. The topological polar surface area (TPSA) is 76.1 Å². The number of para-hydroxylation sites is 1. The van der Waals surface area contributed by atoms with Gasteiger partial charge in [-0.05, 0) is 12.1 Å². The zero-order valence-corrected chi connectivity index (χ0v) is 12.3. The quantitative estimate of drug-likeness (QED) is 0.871. The summed E-state index contributed by atoms with van der Waals surface area (Å²) in [5, 5.41) is 3.46. The van der Waals surface area contributed by atoms with Crippen LogP contribution in [0.3, 0.4) is 0 Å². The summed E-state index contributed by atoms with van der Waals surface area (Å²) < 4.78 is 22.1. The molecule has 0 spiro atoms. The molecule has 0 aliphatic rings. The summed E-state index contributed by atoms with van der Waals surface area (Å²) in [6, 6.07) is 8.60. The van der Waals surface area contributed by atoms with Crippen molar-refractivity contribution in [1.82, 2.24) is 10.3 Å². The lowest BCUT2D eigenvalue weighted by molar-refractivity contribution is 0.0957. The third-order valence-electron chi connectivity index (χ3n) is 2.69. The van der Waals surface area contributed by atoms with Gasteiger partial charge in [-0.25, -0.2) is 13.4 Å². The average molecular weight is 313 g/mol. The van der Waals surface area contributed by atoms with Crippen LogP contribution in [0.4, 0.5) is 0 Å². The smallest absolute Gasteiger partial charge is 0.252 e. The van der Waals surface area contributed by atoms with Crippen molar-refractivity contribution in [3.05, 3.63) is 41.0 Å². The second-order valence-corrected chi connectivity index (χ2v) is 7.04. The number of rotatable bonds is 4. The highest BCUT2D eigenvalue weighted by atomic mass is 35.5. The van der Waals surface area contributed by atoms with Gasteiger partial charge in [-0.3, -0.25) is 4.79 Å². The van der Waals surface area contributed by atoms with Crippen LogP contribution in [0.1, 0.15) is 10.4 Å². The number of sulfone groups is 1. The van der Waals surface area contributed by atoms with Crippen LogP contribution in [0.15, 0.2) is 30.3 Å². The first-order chi connectivity index (χ1) is 9.37. The number of nitrogens with one attached hydrogen (secondary N) is 1. The van der Waals surface area contributed by atoms with Crippen molar-refractivity contribution in [2.24, 2.45) is 0 Å². The second kappa shape index (κ2) is 5.76. The Hall–Kier alpha value is -1.66. The van der Waals surface area contributed by atoms with E-state index in [1.807, 2.05) is 0 Å². The average Bonchev–Trinajstić information content (AvgIpc) is 2.36. The van der Waals surface area contributed by atoms with Gasteiger partial charge < -0.3 is 5.32 Å². The molecule has 1 aromatic heterocycles. The van der Waals surface area contributed by atoms with Crippen LogP contribution in [-0.4, -0.2) is 37.9 Å². The Labute approximate surface area is 121 Å². The Balaban J connectivity index is 2.26. The van der Waals surface area contributed by atoms with Crippen molar-refractivity contribution in [3.8, 4) is 0 Å². The molecule has 0 aliphatic carbocycles. The van der Waals surface area contributed by atoms with Crippen molar-refractivity contribution in [3.63, 3.8) is 0 Å². The van der Waals surface area contributed by atoms with Crippen LogP contribution in [0.5, 0.6) is 0 Å². The van der Waals surface area contributed by atoms with E-state index in [2.05, 4.69) is 10.3 Å². The standard InChI is InChI=1S/C13H13ClN2O3S/c1-20(18,19)7-6-15-13(17)10-8-12(14)16-11-5-3-2-4-9(10)11/h2-5,8H,6-7H2,1H3,(H,15,17). The van der Waals surface area contributed by atoms with E-state index in [-0.39, 0.29) is 23.4 Å². The molecule has 5 nitrogen and oxygen atoms in total. The Morgan fingerprint density at radius 3 is 2.75 bits per heavy atom. The maximum absolute atomic E-state index is 12.1. The fraction of sp³-hybridized carbons (Fsp3) is 0.231. The molecule has 1 heterocycles. The molecule has 0 atom stereocenters. The molecular formula is C13H13ClN2O3S. The van der Waals surface area contributed by atoms with E-state index >= 15 is 0 Å². The van der Waals surface area contributed by atoms with E-state index in [1.165, 1.54) is 6.07 Å². The number of hydrogen-bond acceptors (Lipinski definition) is 4. The Bertz CT molecular complexity index is 759. The highest BCUT2D eigenvalue weighted by Gasteiger charge is 2.12. The van der Waals surface area contributed by atoms with Crippen LogP contribution >= 0.6 is 11.6 Å². The van der Waals surface area contributed by atoms with Crippen LogP contribution in [0.25, 0.3) is 10.9 Å². The molecule has 1 N–H and O–H groups in total. The van der Waals surface area contributed by atoms with Gasteiger partial charge in [0.25, 0.3) is 5.91 Å². The molecule has 20 heavy (non-hydrogen) atoms. The Kier molecular flexibility index (Phi) is 4.25. The van der Waals surface area contributed by atoms with Gasteiger partial charge in [-0.1, -0.05) is 29.8 Å². The molecule has 0 saturated heterocycles. The molecule has 0 bridgehead atoms. The maximum atomic E-state index is 12.1. The fourth-order valence-corrected chi connectivity index (χ4v) is 2.45. The normalized spacial score (nSPS) is 11.5. The summed E-state index contributed by atoms with van der Waals surface area (Å²) in [7, 11) is -3.11. The molecule has 1 aromatic carbocycles. The number of carbonyl (C=O) groups excluding carboxylic acids is 1. The molecule has 0 fully saturated rings. The second-order valence-electron chi connectivity index (χ2n) is 4.40. The zero-order valence-electron chi connectivity index (χ0n) is 10.8. The molecular weight excluding hydrogens is 300 g/mol. The first-order valence-corrected chi connectivity index (χ1v) is 8.32. The highest BCUT2D eigenvalue weighted by molar-refractivity contribution is 7.90. The predicted octanol–water partition coefficient (Wildman–Crippen LogP) is 1.66.